The van der Waals surface area contributed by atoms with Gasteiger partial charge >= 0.3 is 0 Å². The van der Waals surface area contributed by atoms with Crippen LogP contribution in [0.15, 0.2) is 30.5 Å². The maximum atomic E-state index is 12.7. The highest BCUT2D eigenvalue weighted by molar-refractivity contribution is 6.30. The first kappa shape index (κ1) is 22.3. The average Bonchev–Trinajstić information content (AvgIpc) is 3.55. The summed E-state index contributed by atoms with van der Waals surface area (Å²) in [4.78, 5) is 27.4. The van der Waals surface area contributed by atoms with Gasteiger partial charge in [-0.05, 0) is 25.0 Å². The highest BCUT2D eigenvalue weighted by Gasteiger charge is 2.36. The van der Waals surface area contributed by atoms with Crippen molar-refractivity contribution in [2.24, 2.45) is 5.92 Å². The number of H-pyrrole nitrogens is 1. The summed E-state index contributed by atoms with van der Waals surface area (Å²) in [5.74, 6) is 0.536. The van der Waals surface area contributed by atoms with Crippen molar-refractivity contribution in [1.82, 2.24) is 20.1 Å². The molecule has 1 amide bonds. The molecule has 1 aromatic carbocycles. The Balaban J connectivity index is 0.000000821. The molecule has 33 heavy (non-hydrogen) atoms. The largest absolute Gasteiger partial charge is 0.483 e. The SMILES string of the molecule is N#Cc1c(N)nc2c(c1-c1cn[nH]c1-c1ccc(Cl)cc1)CN(C(=O)C1CC1)CC2.O=CO. The van der Waals surface area contributed by atoms with Crippen LogP contribution in [0.4, 0.5) is 5.82 Å². The van der Waals surface area contributed by atoms with E-state index in [-0.39, 0.29) is 24.1 Å². The van der Waals surface area contributed by atoms with Gasteiger partial charge < -0.3 is 15.7 Å². The van der Waals surface area contributed by atoms with E-state index in [0.717, 1.165) is 40.9 Å². The van der Waals surface area contributed by atoms with Crippen LogP contribution in [0.25, 0.3) is 22.4 Å². The van der Waals surface area contributed by atoms with Crippen molar-refractivity contribution < 1.29 is 14.7 Å². The molecule has 0 saturated heterocycles. The molecule has 9 nitrogen and oxygen atoms in total. The summed E-state index contributed by atoms with van der Waals surface area (Å²) in [5.41, 5.74) is 11.3. The van der Waals surface area contributed by atoms with Crippen molar-refractivity contribution in [3.63, 3.8) is 0 Å². The topological polar surface area (TPSA) is 149 Å². The molecular weight excluding hydrogens is 444 g/mol. The number of aromatic amines is 1. The molecule has 0 spiro atoms. The number of nitrogens with two attached hydrogens (primary N) is 1. The number of nitrogens with one attached hydrogen (secondary N) is 1. The summed E-state index contributed by atoms with van der Waals surface area (Å²) in [5, 5.41) is 24.7. The normalized spacial score (nSPS) is 14.5. The first-order valence-electron chi connectivity index (χ1n) is 10.4. The number of carboxylic acid groups (broad SMARTS) is 1. The first-order valence-corrected chi connectivity index (χ1v) is 10.7. The number of hydrogen-bond acceptors (Lipinski definition) is 6. The highest BCUT2D eigenvalue weighted by atomic mass is 35.5. The predicted molar refractivity (Wildman–Crippen MR) is 122 cm³/mol. The van der Waals surface area contributed by atoms with Gasteiger partial charge in [0.15, 0.2) is 0 Å². The zero-order chi connectivity index (χ0) is 23.5. The van der Waals surface area contributed by atoms with Gasteiger partial charge in [-0.15, -0.1) is 0 Å². The summed E-state index contributed by atoms with van der Waals surface area (Å²) < 4.78 is 0. The van der Waals surface area contributed by atoms with Gasteiger partial charge in [-0.3, -0.25) is 14.7 Å². The summed E-state index contributed by atoms with van der Waals surface area (Å²) >= 11 is 6.04. The number of aromatic nitrogens is 3. The van der Waals surface area contributed by atoms with E-state index >= 15 is 0 Å². The second kappa shape index (κ2) is 9.30. The zero-order valence-corrected chi connectivity index (χ0v) is 18.3. The summed E-state index contributed by atoms with van der Waals surface area (Å²) in [7, 11) is 0. The van der Waals surface area contributed by atoms with Crippen molar-refractivity contribution in [2.45, 2.75) is 25.8 Å². The number of nitrogen functional groups attached to an aromatic ring is 1. The molecule has 0 atom stereocenters. The Hall–Kier alpha value is -3.90. The van der Waals surface area contributed by atoms with Crippen LogP contribution < -0.4 is 5.73 Å². The monoisotopic (exact) mass is 464 g/mol. The van der Waals surface area contributed by atoms with Gasteiger partial charge in [0.05, 0.1) is 17.6 Å². The molecule has 1 aliphatic carbocycles. The molecule has 2 aromatic heterocycles. The van der Waals surface area contributed by atoms with Crippen LogP contribution in [-0.4, -0.2) is 44.1 Å². The standard InChI is InChI=1S/C22H19ClN6O.CH2O2/c23-14-5-3-12(4-6-14)20-16(10-26-28-20)19-15(9-24)21(25)27-18-7-8-29(11-17(18)19)22(30)13-1-2-13;2-1-3/h3-6,10,13H,1-2,7-8,11H2,(H2,25,27)(H,26,28);1H,(H,2,3). The van der Waals surface area contributed by atoms with Gasteiger partial charge in [-0.2, -0.15) is 10.4 Å². The van der Waals surface area contributed by atoms with Crippen LogP contribution in [0.3, 0.4) is 0 Å². The fraction of sp³-hybridized carbons (Fsp3) is 0.261. The van der Waals surface area contributed by atoms with Crippen LogP contribution >= 0.6 is 11.6 Å². The molecule has 3 aromatic rings. The lowest BCUT2D eigenvalue weighted by molar-refractivity contribution is -0.133. The number of anilines is 1. The molecule has 5 rings (SSSR count). The predicted octanol–water partition coefficient (Wildman–Crippen LogP) is 3.24. The van der Waals surface area contributed by atoms with Gasteiger partial charge in [0.2, 0.25) is 5.91 Å². The molecule has 2 aliphatic rings. The molecule has 0 bridgehead atoms. The number of halogens is 1. The summed E-state index contributed by atoms with van der Waals surface area (Å²) in [6, 6.07) is 9.61. The van der Waals surface area contributed by atoms with Crippen LogP contribution in [0, 0.1) is 17.2 Å². The Kier molecular flexibility index (Phi) is 6.29. The van der Waals surface area contributed by atoms with Gasteiger partial charge in [-0.25, -0.2) is 4.98 Å². The molecule has 1 saturated carbocycles. The van der Waals surface area contributed by atoms with E-state index in [4.69, 9.17) is 27.2 Å². The Morgan fingerprint density at radius 1 is 1.33 bits per heavy atom. The second-order valence-corrected chi connectivity index (χ2v) is 8.28. The first-order chi connectivity index (χ1) is 16.0. The third-order valence-corrected chi connectivity index (χ3v) is 6.02. The quantitative estimate of drug-likeness (QED) is 0.503. The number of rotatable bonds is 3. The Labute approximate surface area is 194 Å². The van der Waals surface area contributed by atoms with Crippen molar-refractivity contribution in [1.29, 1.82) is 5.26 Å². The zero-order valence-electron chi connectivity index (χ0n) is 17.6. The Bertz CT molecular complexity index is 1240. The van der Waals surface area contributed by atoms with Crippen molar-refractivity contribution in [3.8, 4) is 28.5 Å². The van der Waals surface area contributed by atoms with Gasteiger partial charge in [0, 0.05) is 52.7 Å². The van der Waals surface area contributed by atoms with Crippen LogP contribution in [-0.2, 0) is 22.6 Å². The maximum absolute atomic E-state index is 12.7. The Morgan fingerprint density at radius 3 is 2.67 bits per heavy atom. The molecule has 0 unspecified atom stereocenters. The lowest BCUT2D eigenvalue weighted by Gasteiger charge is -2.30. The van der Waals surface area contributed by atoms with Crippen LogP contribution in [0.1, 0.15) is 29.7 Å². The summed E-state index contributed by atoms with van der Waals surface area (Å²) in [6.07, 6.45) is 4.23. The van der Waals surface area contributed by atoms with Crippen molar-refractivity contribution in [3.05, 3.63) is 52.3 Å². The molecule has 1 fully saturated rings. The number of nitriles is 1. The number of hydrogen-bond donors (Lipinski definition) is 3. The average molecular weight is 465 g/mol. The van der Waals surface area contributed by atoms with E-state index in [1.165, 1.54) is 0 Å². The van der Waals surface area contributed by atoms with E-state index in [1.54, 1.807) is 18.3 Å². The lowest BCUT2D eigenvalue weighted by atomic mass is 9.90. The summed E-state index contributed by atoms with van der Waals surface area (Å²) in [6.45, 7) is 0.794. The molecule has 4 N–H and O–H groups in total. The maximum Gasteiger partial charge on any atom is 0.290 e. The van der Waals surface area contributed by atoms with E-state index in [1.807, 2.05) is 17.0 Å². The minimum absolute atomic E-state index is 0.144. The Morgan fingerprint density at radius 2 is 2.03 bits per heavy atom. The van der Waals surface area contributed by atoms with Crippen molar-refractivity contribution in [2.75, 3.05) is 12.3 Å². The molecule has 3 heterocycles. The molecular formula is C23H21ClN6O3. The van der Waals surface area contributed by atoms with Gasteiger partial charge in [-0.1, -0.05) is 23.7 Å². The van der Waals surface area contributed by atoms with E-state index in [2.05, 4.69) is 21.3 Å². The number of nitrogens with zero attached hydrogens (tertiary/aromatic N) is 4. The lowest BCUT2D eigenvalue weighted by Crippen LogP contribution is -2.37. The van der Waals surface area contributed by atoms with Gasteiger partial charge in [0.25, 0.3) is 6.47 Å². The number of pyridine rings is 1. The van der Waals surface area contributed by atoms with Crippen LogP contribution in [0.5, 0.6) is 0 Å². The molecule has 10 heteroatoms. The van der Waals surface area contributed by atoms with Gasteiger partial charge in [0.1, 0.15) is 17.5 Å². The van der Waals surface area contributed by atoms with Crippen LogP contribution in [0.2, 0.25) is 5.02 Å². The molecule has 1 aliphatic heterocycles. The van der Waals surface area contributed by atoms with E-state index in [0.29, 0.717) is 35.7 Å². The van der Waals surface area contributed by atoms with E-state index < -0.39 is 0 Å². The third kappa shape index (κ3) is 4.38. The third-order valence-electron chi connectivity index (χ3n) is 5.77. The number of carbonyl (C=O) groups is 2. The van der Waals surface area contributed by atoms with E-state index in [9.17, 15) is 10.1 Å². The number of carbonyl (C=O) groups excluding carboxylic acids is 1. The molecule has 168 valence electrons. The fourth-order valence-electron chi connectivity index (χ4n) is 4.08. The minimum atomic E-state index is -0.250. The minimum Gasteiger partial charge on any atom is -0.483 e. The fourth-order valence-corrected chi connectivity index (χ4v) is 4.21. The highest BCUT2D eigenvalue weighted by Crippen LogP contribution is 2.40. The number of amides is 1. The number of fused-ring (bicyclic) bond motifs is 1. The second-order valence-electron chi connectivity index (χ2n) is 7.84. The smallest absolute Gasteiger partial charge is 0.290 e. The molecule has 0 radical (unpaired) electrons. The van der Waals surface area contributed by atoms with Crippen molar-refractivity contribution >= 4 is 29.8 Å². The number of benzene rings is 1.